The van der Waals surface area contributed by atoms with Gasteiger partial charge in [0, 0.05) is 37.5 Å². The number of amides is 2. The first-order chi connectivity index (χ1) is 10.4. The molecule has 0 radical (unpaired) electrons. The summed E-state index contributed by atoms with van der Waals surface area (Å²) in [5.41, 5.74) is 2.04. The lowest BCUT2D eigenvalue weighted by atomic mass is 9.78. The van der Waals surface area contributed by atoms with Gasteiger partial charge in [0.1, 0.15) is 4.88 Å². The topological polar surface area (TPSA) is 53.5 Å². The van der Waals surface area contributed by atoms with E-state index in [1.54, 1.807) is 11.7 Å². The first-order valence-electron chi connectivity index (χ1n) is 7.87. The molecule has 1 unspecified atom stereocenters. The van der Waals surface area contributed by atoms with E-state index in [1.807, 2.05) is 9.80 Å². The van der Waals surface area contributed by atoms with E-state index in [0.29, 0.717) is 10.8 Å². The maximum absolute atomic E-state index is 12.4. The van der Waals surface area contributed by atoms with Crippen LogP contribution in [0.25, 0.3) is 0 Å². The molecule has 3 aliphatic rings. The molecule has 1 aliphatic carbocycles. The van der Waals surface area contributed by atoms with Crippen molar-refractivity contribution in [1.82, 2.24) is 14.8 Å². The number of aromatic nitrogens is 1. The van der Waals surface area contributed by atoms with Crippen molar-refractivity contribution < 1.29 is 9.59 Å². The third-order valence-corrected chi connectivity index (χ3v) is 6.31. The van der Waals surface area contributed by atoms with Crippen LogP contribution in [0.15, 0.2) is 11.7 Å². The Bertz CT molecular complexity index is 619. The van der Waals surface area contributed by atoms with Gasteiger partial charge in [-0.05, 0) is 18.3 Å². The molecule has 2 aliphatic heterocycles. The number of nitrogens with zero attached hydrogens (tertiary/aromatic N) is 3. The van der Waals surface area contributed by atoms with Crippen LogP contribution in [0.2, 0.25) is 0 Å². The highest BCUT2D eigenvalue weighted by atomic mass is 32.1. The molecule has 3 heterocycles. The first-order valence-corrected chi connectivity index (χ1v) is 8.75. The van der Waals surface area contributed by atoms with Crippen LogP contribution in [-0.4, -0.2) is 52.8 Å². The average Bonchev–Trinajstić information content (AvgIpc) is 2.94. The van der Waals surface area contributed by atoms with Gasteiger partial charge in [-0.25, -0.2) is 0 Å². The van der Waals surface area contributed by atoms with Crippen LogP contribution in [0.5, 0.6) is 0 Å². The third kappa shape index (κ3) is 2.16. The summed E-state index contributed by atoms with van der Waals surface area (Å²) in [6, 6.07) is 0. The molecule has 6 heteroatoms. The number of hydrogen-bond acceptors (Lipinski definition) is 4. The Morgan fingerprint density at radius 1 is 1.27 bits per heavy atom. The number of carbonyl (C=O) groups is 2. The summed E-state index contributed by atoms with van der Waals surface area (Å²) < 4.78 is 0. The summed E-state index contributed by atoms with van der Waals surface area (Å²) in [5.74, 6) is 0.636. The highest BCUT2D eigenvalue weighted by Gasteiger charge is 2.57. The second-order valence-electron chi connectivity index (χ2n) is 7.78. The summed E-state index contributed by atoms with van der Waals surface area (Å²) >= 11 is 1.39. The first kappa shape index (κ1) is 14.2. The molecule has 1 aromatic heterocycles. The van der Waals surface area contributed by atoms with Crippen molar-refractivity contribution in [3.63, 3.8) is 0 Å². The van der Waals surface area contributed by atoms with E-state index in [4.69, 9.17) is 0 Å². The predicted octanol–water partition coefficient (Wildman–Crippen LogP) is 1.86. The highest BCUT2D eigenvalue weighted by Crippen LogP contribution is 2.54. The van der Waals surface area contributed by atoms with Crippen LogP contribution in [0.1, 0.15) is 36.4 Å². The maximum atomic E-state index is 12.4. The van der Waals surface area contributed by atoms with Crippen molar-refractivity contribution in [2.45, 2.75) is 26.7 Å². The molecule has 1 spiro atoms. The number of likely N-dealkylation sites (tertiary alicyclic amines) is 2. The Kier molecular flexibility index (Phi) is 2.92. The fraction of sp³-hybridized carbons (Fsp3) is 0.688. The molecule has 22 heavy (non-hydrogen) atoms. The van der Waals surface area contributed by atoms with E-state index in [9.17, 15) is 9.59 Å². The van der Waals surface area contributed by atoms with Crippen molar-refractivity contribution in [2.75, 3.05) is 26.2 Å². The van der Waals surface area contributed by atoms with E-state index < -0.39 is 0 Å². The van der Waals surface area contributed by atoms with Gasteiger partial charge in [-0.2, -0.15) is 0 Å². The van der Waals surface area contributed by atoms with Crippen molar-refractivity contribution >= 4 is 23.2 Å². The number of carbonyl (C=O) groups excluding carboxylic acids is 2. The standard InChI is InChI=1S/C16H21N3O2S/c1-15(2)5-11(15)13(20)19-8-16(9-19)3-4-18(7-16)14(21)12-6-17-10-22-12/h6,10-11H,3-5,7-9H2,1-2H3. The lowest BCUT2D eigenvalue weighted by Crippen LogP contribution is -2.60. The van der Waals surface area contributed by atoms with Gasteiger partial charge in [-0.15, -0.1) is 11.3 Å². The van der Waals surface area contributed by atoms with Gasteiger partial charge >= 0.3 is 0 Å². The molecule has 1 atom stereocenters. The van der Waals surface area contributed by atoms with E-state index >= 15 is 0 Å². The van der Waals surface area contributed by atoms with Gasteiger partial charge in [0.05, 0.1) is 11.7 Å². The minimum atomic E-state index is 0.0903. The van der Waals surface area contributed by atoms with Gasteiger partial charge in [0.25, 0.3) is 5.91 Å². The SMILES string of the molecule is CC1(C)CC1C(=O)N1CC2(CCN(C(=O)c3cncs3)C2)C1. The van der Waals surface area contributed by atoms with Gasteiger partial charge in [-0.1, -0.05) is 13.8 Å². The molecule has 5 nitrogen and oxygen atoms in total. The lowest BCUT2D eigenvalue weighted by molar-refractivity contribution is -0.144. The summed E-state index contributed by atoms with van der Waals surface area (Å²) in [7, 11) is 0. The zero-order chi connectivity index (χ0) is 15.5. The average molecular weight is 319 g/mol. The van der Waals surface area contributed by atoms with Gasteiger partial charge in [-0.3, -0.25) is 14.6 Å². The fourth-order valence-electron chi connectivity index (χ4n) is 3.87. The smallest absolute Gasteiger partial charge is 0.265 e. The Hall–Kier alpha value is -1.43. The summed E-state index contributed by atoms with van der Waals surface area (Å²) in [6.45, 7) is 7.55. The van der Waals surface area contributed by atoms with Crippen LogP contribution in [0.4, 0.5) is 0 Å². The number of thiazole rings is 1. The molecule has 3 fully saturated rings. The second kappa shape index (κ2) is 4.54. The zero-order valence-corrected chi connectivity index (χ0v) is 13.9. The lowest BCUT2D eigenvalue weighted by Gasteiger charge is -2.48. The van der Waals surface area contributed by atoms with Crippen molar-refractivity contribution in [3.8, 4) is 0 Å². The van der Waals surface area contributed by atoms with Gasteiger partial charge < -0.3 is 9.80 Å². The third-order valence-electron chi connectivity index (χ3n) is 5.54. The van der Waals surface area contributed by atoms with Crippen LogP contribution in [0.3, 0.4) is 0 Å². The minimum Gasteiger partial charge on any atom is -0.341 e. The highest BCUT2D eigenvalue weighted by molar-refractivity contribution is 7.11. The van der Waals surface area contributed by atoms with Crippen molar-refractivity contribution in [3.05, 3.63) is 16.6 Å². The van der Waals surface area contributed by atoms with Gasteiger partial charge in [0.2, 0.25) is 5.91 Å². The van der Waals surface area contributed by atoms with Crippen LogP contribution < -0.4 is 0 Å². The molecule has 0 N–H and O–H groups in total. The second-order valence-corrected chi connectivity index (χ2v) is 8.67. The van der Waals surface area contributed by atoms with E-state index in [2.05, 4.69) is 18.8 Å². The van der Waals surface area contributed by atoms with Gasteiger partial charge in [0.15, 0.2) is 0 Å². The molecular formula is C16H21N3O2S. The summed E-state index contributed by atoms with van der Waals surface area (Å²) in [6.07, 6.45) is 3.67. The fourth-order valence-corrected chi connectivity index (χ4v) is 4.46. The van der Waals surface area contributed by atoms with Crippen molar-refractivity contribution in [2.24, 2.45) is 16.7 Å². The van der Waals surface area contributed by atoms with E-state index in [0.717, 1.165) is 39.0 Å². The monoisotopic (exact) mass is 319 g/mol. The largest absolute Gasteiger partial charge is 0.341 e. The quantitative estimate of drug-likeness (QED) is 0.836. The zero-order valence-electron chi connectivity index (χ0n) is 13.0. The van der Waals surface area contributed by atoms with Crippen LogP contribution in [0, 0.1) is 16.7 Å². The molecule has 118 valence electrons. The molecule has 2 saturated heterocycles. The molecule has 0 bridgehead atoms. The normalized spacial score (nSPS) is 27.8. The number of hydrogen-bond donors (Lipinski definition) is 0. The van der Waals surface area contributed by atoms with Crippen LogP contribution in [-0.2, 0) is 4.79 Å². The molecule has 2 amide bonds. The molecule has 4 rings (SSSR count). The Morgan fingerprint density at radius 3 is 2.55 bits per heavy atom. The Morgan fingerprint density at radius 2 is 1.95 bits per heavy atom. The number of rotatable bonds is 2. The molecule has 1 aromatic rings. The maximum Gasteiger partial charge on any atom is 0.265 e. The summed E-state index contributed by atoms with van der Waals surface area (Å²) in [4.78, 5) is 33.4. The van der Waals surface area contributed by atoms with Crippen LogP contribution >= 0.6 is 11.3 Å². The molecule has 1 saturated carbocycles. The van der Waals surface area contributed by atoms with Crippen molar-refractivity contribution in [1.29, 1.82) is 0 Å². The molecular weight excluding hydrogens is 298 g/mol. The molecule has 0 aromatic carbocycles. The summed E-state index contributed by atoms with van der Waals surface area (Å²) in [5, 5.41) is 0. The minimum absolute atomic E-state index is 0.0903. The Labute approximate surface area is 134 Å². The Balaban J connectivity index is 1.35. The predicted molar refractivity (Wildman–Crippen MR) is 83.5 cm³/mol. The van der Waals surface area contributed by atoms with E-state index in [-0.39, 0.29) is 22.7 Å². The van der Waals surface area contributed by atoms with E-state index in [1.165, 1.54) is 11.3 Å².